The molecule has 0 saturated heterocycles. The van der Waals surface area contributed by atoms with Crippen molar-refractivity contribution in [1.29, 1.82) is 0 Å². The second kappa shape index (κ2) is 3.97. The summed E-state index contributed by atoms with van der Waals surface area (Å²) in [5.74, 6) is 0.587. The summed E-state index contributed by atoms with van der Waals surface area (Å²) in [6.07, 6.45) is 4.57. The second-order valence-electron chi connectivity index (χ2n) is 4.83. The summed E-state index contributed by atoms with van der Waals surface area (Å²) >= 11 is 0. The molecule has 0 bridgehead atoms. The summed E-state index contributed by atoms with van der Waals surface area (Å²) in [5.41, 5.74) is 3.21. The van der Waals surface area contributed by atoms with E-state index in [0.717, 1.165) is 0 Å². The fourth-order valence-electron chi connectivity index (χ4n) is 2.00. The van der Waals surface area contributed by atoms with Crippen molar-refractivity contribution in [3.63, 3.8) is 0 Å². The largest absolute Gasteiger partial charge is 1.00 e. The zero-order valence-corrected chi connectivity index (χ0v) is 9.54. The van der Waals surface area contributed by atoms with Crippen LogP contribution in [-0.4, -0.2) is 0 Å². The van der Waals surface area contributed by atoms with Crippen molar-refractivity contribution in [2.75, 3.05) is 0 Å². The standard InChI is InChI=1S/C13H16.Li/c1-13(2,3)12-9-8-10-6-4-5-7-11(10)12;/h4-9,12H,1-3H3;/q;+1. The van der Waals surface area contributed by atoms with Gasteiger partial charge in [-0.15, -0.1) is 0 Å². The average Bonchev–Trinajstić information content (AvgIpc) is 2.45. The Labute approximate surface area is 98.6 Å². The summed E-state index contributed by atoms with van der Waals surface area (Å²) in [6, 6.07) is 8.67. The Morgan fingerprint density at radius 1 is 1.07 bits per heavy atom. The maximum Gasteiger partial charge on any atom is 1.00 e. The molecule has 0 N–H and O–H groups in total. The fourth-order valence-corrected chi connectivity index (χ4v) is 2.00. The maximum atomic E-state index is 2.32. The van der Waals surface area contributed by atoms with Gasteiger partial charge in [0.2, 0.25) is 0 Å². The molecule has 2 rings (SSSR count). The Kier molecular flexibility index (Phi) is 3.30. The van der Waals surface area contributed by atoms with Crippen LogP contribution in [0.3, 0.4) is 0 Å². The van der Waals surface area contributed by atoms with Crippen LogP contribution in [0.5, 0.6) is 0 Å². The van der Waals surface area contributed by atoms with Crippen LogP contribution >= 0.6 is 0 Å². The summed E-state index contributed by atoms with van der Waals surface area (Å²) in [4.78, 5) is 0. The molecular weight excluding hydrogens is 163 g/mol. The van der Waals surface area contributed by atoms with Crippen molar-refractivity contribution in [3.8, 4) is 0 Å². The number of hydrogen-bond donors (Lipinski definition) is 0. The van der Waals surface area contributed by atoms with Gasteiger partial charge in [-0.2, -0.15) is 0 Å². The molecule has 1 unspecified atom stereocenters. The number of rotatable bonds is 0. The number of hydrogen-bond acceptors (Lipinski definition) is 0. The van der Waals surface area contributed by atoms with Gasteiger partial charge in [0.15, 0.2) is 0 Å². The normalized spacial score (nSPS) is 18.9. The fraction of sp³-hybridized carbons (Fsp3) is 0.385. The van der Waals surface area contributed by atoms with Gasteiger partial charge in [0, 0.05) is 5.92 Å². The quantitative estimate of drug-likeness (QED) is 0.518. The molecule has 1 aliphatic carbocycles. The van der Waals surface area contributed by atoms with Crippen molar-refractivity contribution >= 4 is 6.08 Å². The molecule has 0 heterocycles. The molecule has 14 heavy (non-hydrogen) atoms. The monoisotopic (exact) mass is 179 g/mol. The van der Waals surface area contributed by atoms with Gasteiger partial charge in [-0.25, -0.2) is 0 Å². The minimum Gasteiger partial charge on any atom is -0.0759 e. The van der Waals surface area contributed by atoms with Gasteiger partial charge in [0.25, 0.3) is 0 Å². The number of allylic oxidation sites excluding steroid dienone is 1. The molecule has 1 aliphatic rings. The van der Waals surface area contributed by atoms with E-state index in [-0.39, 0.29) is 18.9 Å². The smallest absolute Gasteiger partial charge is 0.0759 e. The first-order valence-electron chi connectivity index (χ1n) is 4.86. The molecule has 0 nitrogen and oxygen atoms in total. The molecule has 68 valence electrons. The first-order valence-corrected chi connectivity index (χ1v) is 4.86. The molecular formula is C13H16Li+. The van der Waals surface area contributed by atoms with E-state index in [4.69, 9.17) is 0 Å². The third kappa shape index (κ3) is 1.97. The van der Waals surface area contributed by atoms with E-state index in [1.807, 2.05) is 0 Å². The second-order valence-corrected chi connectivity index (χ2v) is 4.83. The van der Waals surface area contributed by atoms with E-state index in [2.05, 4.69) is 57.2 Å². The van der Waals surface area contributed by atoms with Crippen LogP contribution in [0.2, 0.25) is 0 Å². The zero-order valence-electron chi connectivity index (χ0n) is 9.54. The molecule has 0 amide bonds. The van der Waals surface area contributed by atoms with Crippen LogP contribution in [0, 0.1) is 5.41 Å². The predicted octanol–water partition coefficient (Wildman–Crippen LogP) is 0.847. The first kappa shape index (κ1) is 11.6. The van der Waals surface area contributed by atoms with Gasteiger partial charge >= 0.3 is 18.9 Å². The van der Waals surface area contributed by atoms with Crippen molar-refractivity contribution in [2.24, 2.45) is 5.41 Å². The van der Waals surface area contributed by atoms with Gasteiger partial charge in [-0.1, -0.05) is 57.2 Å². The Balaban J connectivity index is 0.000000980. The number of benzene rings is 1. The Morgan fingerprint density at radius 2 is 1.71 bits per heavy atom. The van der Waals surface area contributed by atoms with Crippen molar-refractivity contribution in [2.45, 2.75) is 26.7 Å². The van der Waals surface area contributed by atoms with E-state index in [1.54, 1.807) is 0 Å². The topological polar surface area (TPSA) is 0 Å². The van der Waals surface area contributed by atoms with E-state index < -0.39 is 0 Å². The van der Waals surface area contributed by atoms with Crippen LogP contribution < -0.4 is 18.9 Å². The number of fused-ring (bicyclic) bond motifs is 1. The molecule has 0 aliphatic heterocycles. The van der Waals surface area contributed by atoms with Crippen LogP contribution in [0.1, 0.15) is 37.8 Å². The van der Waals surface area contributed by atoms with Crippen molar-refractivity contribution in [1.82, 2.24) is 0 Å². The summed E-state index contributed by atoms with van der Waals surface area (Å²) < 4.78 is 0. The van der Waals surface area contributed by atoms with Crippen LogP contribution in [0.15, 0.2) is 30.3 Å². The summed E-state index contributed by atoms with van der Waals surface area (Å²) in [6.45, 7) is 6.89. The van der Waals surface area contributed by atoms with E-state index in [0.29, 0.717) is 11.3 Å². The zero-order chi connectivity index (χ0) is 9.47. The van der Waals surface area contributed by atoms with Gasteiger partial charge in [0.05, 0.1) is 0 Å². The third-order valence-electron chi connectivity index (χ3n) is 2.73. The van der Waals surface area contributed by atoms with Gasteiger partial charge in [-0.3, -0.25) is 0 Å². The van der Waals surface area contributed by atoms with E-state index in [9.17, 15) is 0 Å². The molecule has 1 atom stereocenters. The SMILES string of the molecule is CC(C)(C)C1C=Cc2ccccc21.[Li+]. The Bertz CT molecular complexity index is 344. The predicted molar refractivity (Wildman–Crippen MR) is 57.7 cm³/mol. The van der Waals surface area contributed by atoms with Crippen LogP contribution in [0.4, 0.5) is 0 Å². The summed E-state index contributed by atoms with van der Waals surface area (Å²) in [7, 11) is 0. The molecule has 0 radical (unpaired) electrons. The molecule has 1 aromatic rings. The van der Waals surface area contributed by atoms with E-state index >= 15 is 0 Å². The van der Waals surface area contributed by atoms with Crippen LogP contribution in [-0.2, 0) is 0 Å². The van der Waals surface area contributed by atoms with Crippen molar-refractivity contribution in [3.05, 3.63) is 41.5 Å². The van der Waals surface area contributed by atoms with Crippen LogP contribution in [0.25, 0.3) is 6.08 Å². The molecule has 0 fully saturated rings. The molecule has 0 spiro atoms. The summed E-state index contributed by atoms with van der Waals surface area (Å²) in [5, 5.41) is 0. The molecule has 1 aromatic carbocycles. The van der Waals surface area contributed by atoms with Gasteiger partial charge < -0.3 is 0 Å². The van der Waals surface area contributed by atoms with E-state index in [1.165, 1.54) is 11.1 Å². The minimum absolute atomic E-state index is 0. The van der Waals surface area contributed by atoms with Gasteiger partial charge in [0.1, 0.15) is 0 Å². The first-order chi connectivity index (χ1) is 6.09. The Hall–Kier alpha value is -0.443. The minimum atomic E-state index is 0. The molecule has 0 saturated carbocycles. The van der Waals surface area contributed by atoms with Gasteiger partial charge in [-0.05, 0) is 16.5 Å². The average molecular weight is 179 g/mol. The third-order valence-corrected chi connectivity index (χ3v) is 2.73. The Morgan fingerprint density at radius 3 is 2.36 bits per heavy atom. The maximum absolute atomic E-state index is 2.32. The molecule has 1 heteroatoms. The molecule has 0 aromatic heterocycles. The van der Waals surface area contributed by atoms with Crippen molar-refractivity contribution < 1.29 is 18.9 Å².